The van der Waals surface area contributed by atoms with Crippen molar-refractivity contribution in [3.05, 3.63) is 17.8 Å². The summed E-state index contributed by atoms with van der Waals surface area (Å²) < 4.78 is 10.4. The molecule has 7 heteroatoms. The van der Waals surface area contributed by atoms with Crippen LogP contribution in [0.25, 0.3) is 0 Å². The van der Waals surface area contributed by atoms with Crippen LogP contribution in [0.3, 0.4) is 0 Å². The van der Waals surface area contributed by atoms with E-state index in [0.29, 0.717) is 18.4 Å². The lowest BCUT2D eigenvalue weighted by Gasteiger charge is -2.32. The van der Waals surface area contributed by atoms with E-state index in [2.05, 4.69) is 4.98 Å². The molecule has 1 aliphatic carbocycles. The summed E-state index contributed by atoms with van der Waals surface area (Å²) in [5.74, 6) is -0.588. The fraction of sp³-hybridized carbons (Fsp3) is 0.583. The summed E-state index contributed by atoms with van der Waals surface area (Å²) in [7, 11) is 0. The molecule has 1 unspecified atom stereocenters. The summed E-state index contributed by atoms with van der Waals surface area (Å²) in [5.41, 5.74) is 0.176. The van der Waals surface area contributed by atoms with Gasteiger partial charge in [0.05, 0.1) is 13.2 Å². The topological polar surface area (TPSA) is 92.9 Å². The van der Waals surface area contributed by atoms with Gasteiger partial charge >= 0.3 is 5.97 Å². The fourth-order valence-electron chi connectivity index (χ4n) is 2.10. The van der Waals surface area contributed by atoms with Crippen LogP contribution in [0.4, 0.5) is 0 Å². The maximum Gasteiger partial charge on any atom is 0.328 e. The summed E-state index contributed by atoms with van der Waals surface area (Å²) in [6, 6.07) is -0.956. The van der Waals surface area contributed by atoms with E-state index in [1.54, 1.807) is 0 Å². The molecular formula is C12H14N2O5. The zero-order chi connectivity index (χ0) is 13.4. The highest BCUT2D eigenvalue weighted by Crippen LogP contribution is 2.39. The number of aliphatic carboxylic acids is 1. The van der Waals surface area contributed by atoms with E-state index in [4.69, 9.17) is 14.3 Å². The van der Waals surface area contributed by atoms with Gasteiger partial charge in [0.1, 0.15) is 6.26 Å². The fourth-order valence-corrected chi connectivity index (χ4v) is 2.10. The Balaban J connectivity index is 1.78. The highest BCUT2D eigenvalue weighted by atomic mass is 16.5. The molecule has 2 fully saturated rings. The zero-order valence-corrected chi connectivity index (χ0v) is 10.2. The van der Waals surface area contributed by atoms with E-state index in [1.165, 1.54) is 11.2 Å². The molecule has 19 heavy (non-hydrogen) atoms. The molecular weight excluding hydrogens is 252 g/mol. The van der Waals surface area contributed by atoms with Gasteiger partial charge in [-0.2, -0.15) is 0 Å². The summed E-state index contributed by atoms with van der Waals surface area (Å²) in [4.78, 5) is 28.8. The average molecular weight is 266 g/mol. The molecule has 0 bridgehead atoms. The number of hydrogen-bond donors (Lipinski definition) is 1. The first kappa shape index (κ1) is 12.2. The van der Waals surface area contributed by atoms with Crippen LogP contribution < -0.4 is 0 Å². The molecule has 1 saturated heterocycles. The van der Waals surface area contributed by atoms with Gasteiger partial charge in [-0.25, -0.2) is 9.78 Å². The molecule has 0 spiro atoms. The molecule has 1 aromatic rings. The van der Waals surface area contributed by atoms with Crippen molar-refractivity contribution in [1.29, 1.82) is 0 Å². The van der Waals surface area contributed by atoms with Crippen molar-refractivity contribution in [3.63, 3.8) is 0 Å². The van der Waals surface area contributed by atoms with Crippen molar-refractivity contribution in [2.75, 3.05) is 19.8 Å². The SMILES string of the molecule is O=C(O)C1COCCN1C(=O)c1coc(C2CC2)n1. The number of carbonyl (C=O) groups is 2. The lowest BCUT2D eigenvalue weighted by molar-refractivity contribution is -0.147. The third kappa shape index (κ3) is 2.33. The van der Waals surface area contributed by atoms with Crippen molar-refractivity contribution < 1.29 is 23.8 Å². The van der Waals surface area contributed by atoms with E-state index >= 15 is 0 Å². The number of aromatic nitrogens is 1. The van der Waals surface area contributed by atoms with Crippen molar-refractivity contribution in [1.82, 2.24) is 9.88 Å². The Labute approximate surface area is 109 Å². The normalized spacial score (nSPS) is 23.4. The highest BCUT2D eigenvalue weighted by molar-refractivity contribution is 5.95. The minimum atomic E-state index is -1.07. The Morgan fingerprint density at radius 3 is 2.89 bits per heavy atom. The Hall–Kier alpha value is -1.89. The number of carboxylic acids is 1. The van der Waals surface area contributed by atoms with Crippen molar-refractivity contribution in [3.8, 4) is 0 Å². The predicted molar refractivity (Wildman–Crippen MR) is 61.8 cm³/mol. The van der Waals surface area contributed by atoms with Gasteiger partial charge < -0.3 is 19.2 Å². The third-order valence-corrected chi connectivity index (χ3v) is 3.34. The van der Waals surface area contributed by atoms with Crippen molar-refractivity contribution in [2.24, 2.45) is 0 Å². The first-order chi connectivity index (χ1) is 9.16. The maximum absolute atomic E-state index is 12.3. The second kappa shape index (κ2) is 4.65. The van der Waals surface area contributed by atoms with E-state index in [0.717, 1.165) is 12.8 Å². The standard InChI is InChI=1S/C12H14N2O5/c15-11(8-5-19-10(13-8)7-1-2-7)14-3-4-18-6-9(14)12(16)17/h5,7,9H,1-4,6H2,(H,16,17). The molecule has 102 valence electrons. The van der Waals surface area contributed by atoms with Crippen LogP contribution in [0.15, 0.2) is 10.7 Å². The van der Waals surface area contributed by atoms with Crippen LogP contribution >= 0.6 is 0 Å². The summed E-state index contributed by atoms with van der Waals surface area (Å²) in [5, 5.41) is 9.09. The molecule has 1 aromatic heterocycles. The van der Waals surface area contributed by atoms with Gasteiger partial charge in [-0.1, -0.05) is 0 Å². The Morgan fingerprint density at radius 1 is 1.42 bits per heavy atom. The van der Waals surface area contributed by atoms with Crippen molar-refractivity contribution >= 4 is 11.9 Å². The number of morpholine rings is 1. The van der Waals surface area contributed by atoms with Crippen LogP contribution in [0.1, 0.15) is 35.1 Å². The first-order valence-electron chi connectivity index (χ1n) is 6.24. The van der Waals surface area contributed by atoms with Gasteiger partial charge in [-0.15, -0.1) is 0 Å². The van der Waals surface area contributed by atoms with Gasteiger partial charge in [-0.3, -0.25) is 4.79 Å². The summed E-state index contributed by atoms with van der Waals surface area (Å²) >= 11 is 0. The molecule has 7 nitrogen and oxygen atoms in total. The van der Waals surface area contributed by atoms with E-state index < -0.39 is 17.9 Å². The highest BCUT2D eigenvalue weighted by Gasteiger charge is 2.35. The number of carbonyl (C=O) groups excluding carboxylic acids is 1. The summed E-state index contributed by atoms with van der Waals surface area (Å²) in [6.45, 7) is 0.596. The molecule has 1 atom stereocenters. The number of ether oxygens (including phenoxy) is 1. The van der Waals surface area contributed by atoms with Gasteiger partial charge in [0.25, 0.3) is 5.91 Å². The van der Waals surface area contributed by atoms with E-state index in [-0.39, 0.29) is 18.8 Å². The minimum absolute atomic E-state index is 0.00834. The number of carboxylic acid groups (broad SMARTS) is 1. The quantitative estimate of drug-likeness (QED) is 0.855. The molecule has 3 rings (SSSR count). The minimum Gasteiger partial charge on any atom is -0.480 e. The van der Waals surface area contributed by atoms with Crippen LogP contribution in [-0.4, -0.2) is 52.7 Å². The molecule has 1 N–H and O–H groups in total. The lowest BCUT2D eigenvalue weighted by Crippen LogP contribution is -2.52. The summed E-state index contributed by atoms with van der Waals surface area (Å²) in [6.07, 6.45) is 3.37. The molecule has 0 aromatic carbocycles. The van der Waals surface area contributed by atoms with E-state index in [9.17, 15) is 9.59 Å². The Kier molecular flexibility index (Phi) is 2.98. The van der Waals surface area contributed by atoms with Crippen LogP contribution in [0, 0.1) is 0 Å². The Morgan fingerprint density at radius 2 is 2.21 bits per heavy atom. The third-order valence-electron chi connectivity index (χ3n) is 3.34. The Bertz CT molecular complexity index is 508. The van der Waals surface area contributed by atoms with Crippen LogP contribution in [0.2, 0.25) is 0 Å². The molecule has 2 heterocycles. The smallest absolute Gasteiger partial charge is 0.328 e. The number of rotatable bonds is 3. The average Bonchev–Trinajstić information content (AvgIpc) is 3.16. The van der Waals surface area contributed by atoms with Crippen LogP contribution in [0.5, 0.6) is 0 Å². The van der Waals surface area contributed by atoms with Crippen LogP contribution in [-0.2, 0) is 9.53 Å². The number of oxazole rings is 1. The predicted octanol–water partition coefficient (Wildman–Crippen LogP) is 0.478. The second-order valence-corrected chi connectivity index (χ2v) is 4.77. The zero-order valence-electron chi connectivity index (χ0n) is 10.2. The number of hydrogen-bond acceptors (Lipinski definition) is 5. The second-order valence-electron chi connectivity index (χ2n) is 4.77. The lowest BCUT2D eigenvalue weighted by atomic mass is 10.2. The molecule has 1 aliphatic heterocycles. The first-order valence-corrected chi connectivity index (χ1v) is 6.24. The van der Waals surface area contributed by atoms with Crippen molar-refractivity contribution in [2.45, 2.75) is 24.8 Å². The monoisotopic (exact) mass is 266 g/mol. The van der Waals surface area contributed by atoms with Gasteiger partial charge in [0.15, 0.2) is 17.6 Å². The van der Waals surface area contributed by atoms with Gasteiger partial charge in [0, 0.05) is 12.5 Å². The largest absolute Gasteiger partial charge is 0.480 e. The molecule has 1 amide bonds. The number of nitrogens with zero attached hydrogens (tertiary/aromatic N) is 2. The maximum atomic E-state index is 12.3. The van der Waals surface area contributed by atoms with Gasteiger partial charge in [-0.05, 0) is 12.8 Å². The van der Waals surface area contributed by atoms with E-state index in [1.807, 2.05) is 0 Å². The molecule has 1 saturated carbocycles. The van der Waals surface area contributed by atoms with Gasteiger partial charge in [0.2, 0.25) is 0 Å². The molecule has 2 aliphatic rings. The number of amides is 1. The molecule has 0 radical (unpaired) electrons.